The maximum Gasteiger partial charge on any atom is 1.00 e. The van der Waals surface area contributed by atoms with Crippen LogP contribution in [-0.4, -0.2) is 6.36 Å². The fourth-order valence-electron chi connectivity index (χ4n) is 0.166. The monoisotopic (exact) mass is 200 g/mol. The summed E-state index contributed by atoms with van der Waals surface area (Å²) >= 11 is 0. The summed E-state index contributed by atoms with van der Waals surface area (Å²) in [6.07, 6.45) is -1.67. The largest absolute Gasteiger partial charge is 1.00 e. The number of hydrogen-bond donors (Lipinski definition) is 0. The minimum absolute atomic E-state index is 0. The van der Waals surface area contributed by atoms with Gasteiger partial charge in [-0.15, -0.1) is 0 Å². The van der Waals surface area contributed by atoms with Crippen LogP contribution in [0.2, 0.25) is 0 Å². The van der Waals surface area contributed by atoms with E-state index in [-0.39, 0.29) is 59.1 Å². The van der Waals surface area contributed by atoms with Gasteiger partial charge in [0.2, 0.25) is 6.36 Å². The molecule has 0 rings (SSSR count). The minimum Gasteiger partial charge on any atom is -0.790 e. The van der Waals surface area contributed by atoms with Gasteiger partial charge in [0.1, 0.15) is 0 Å². The molecule has 4 nitrogen and oxygen atoms in total. The molecule has 0 aliphatic carbocycles. The predicted octanol–water partition coefficient (Wildman–Crippen LogP) is -6.68. The van der Waals surface area contributed by atoms with Gasteiger partial charge in [-0.05, 0) is 6.08 Å². The van der Waals surface area contributed by atoms with Crippen LogP contribution in [-0.2, 0) is 9.09 Å². The van der Waals surface area contributed by atoms with Crippen LogP contribution in [0.25, 0.3) is 0 Å². The van der Waals surface area contributed by atoms with Crippen LogP contribution < -0.4 is 68.9 Å². The number of phosphoric ester groups is 1. The second kappa shape index (κ2) is 8.38. The van der Waals surface area contributed by atoms with E-state index in [1.807, 2.05) is 0 Å². The average molecular weight is 200 g/mol. The van der Waals surface area contributed by atoms with E-state index in [1.165, 1.54) is 0 Å². The molecular weight excluding hydrogens is 196 g/mol. The molecule has 0 bridgehead atoms. The Hall–Kier alpha value is 1.78. The van der Waals surface area contributed by atoms with Crippen LogP contribution in [0, 0.1) is 0 Å². The van der Waals surface area contributed by atoms with Crippen molar-refractivity contribution in [2.24, 2.45) is 0 Å². The molecule has 0 N–H and O–H groups in total. The first-order valence-corrected chi connectivity index (χ1v) is 3.39. The zero-order valence-electron chi connectivity index (χ0n) is 6.32. The molecule has 0 aliphatic heterocycles. The molecule has 0 saturated carbocycles. The number of halogens is 1. The van der Waals surface area contributed by atoms with Crippen molar-refractivity contribution in [2.45, 2.75) is 6.36 Å². The molecule has 1 unspecified atom stereocenters. The summed E-state index contributed by atoms with van der Waals surface area (Å²) in [4.78, 5) is 19.1. The van der Waals surface area contributed by atoms with Crippen molar-refractivity contribution in [1.29, 1.82) is 0 Å². The zero-order chi connectivity index (χ0) is 7.49. The quantitative estimate of drug-likeness (QED) is 0.258. The number of rotatable bonds is 3. The molecular formula is C3H4FNa2O4P. The summed E-state index contributed by atoms with van der Waals surface area (Å²) in [6.45, 7) is 2.85. The van der Waals surface area contributed by atoms with Crippen molar-refractivity contribution < 1.29 is 82.4 Å². The van der Waals surface area contributed by atoms with Crippen LogP contribution in [0.3, 0.4) is 0 Å². The van der Waals surface area contributed by atoms with Crippen LogP contribution in [0.4, 0.5) is 4.39 Å². The summed E-state index contributed by atoms with van der Waals surface area (Å²) in [6, 6.07) is 0. The summed E-state index contributed by atoms with van der Waals surface area (Å²) in [7, 11) is -5.18. The third-order valence-electron chi connectivity index (χ3n) is 0.415. The molecule has 0 saturated heterocycles. The third kappa shape index (κ3) is 14.6. The Labute approximate surface area is 108 Å². The van der Waals surface area contributed by atoms with Crippen molar-refractivity contribution in [1.82, 2.24) is 0 Å². The van der Waals surface area contributed by atoms with E-state index in [0.717, 1.165) is 0 Å². The molecule has 11 heavy (non-hydrogen) atoms. The van der Waals surface area contributed by atoms with Gasteiger partial charge in [-0.25, -0.2) is 4.39 Å². The smallest absolute Gasteiger partial charge is 0.790 e. The first kappa shape index (κ1) is 18.5. The van der Waals surface area contributed by atoms with Crippen molar-refractivity contribution in [2.75, 3.05) is 0 Å². The van der Waals surface area contributed by atoms with Gasteiger partial charge in [-0.1, -0.05) is 6.58 Å². The molecule has 0 aromatic heterocycles. The first-order valence-electron chi connectivity index (χ1n) is 1.93. The molecule has 0 aromatic rings. The fraction of sp³-hybridized carbons (Fsp3) is 0.333. The molecule has 0 amide bonds. The third-order valence-corrected chi connectivity index (χ3v) is 0.875. The Morgan fingerprint density at radius 1 is 1.55 bits per heavy atom. The van der Waals surface area contributed by atoms with E-state index in [9.17, 15) is 18.7 Å². The number of alkyl halides is 1. The molecule has 0 heterocycles. The van der Waals surface area contributed by atoms with Gasteiger partial charge in [0.15, 0.2) is 0 Å². The van der Waals surface area contributed by atoms with E-state index < -0.39 is 14.2 Å². The van der Waals surface area contributed by atoms with Gasteiger partial charge in [-0.2, -0.15) is 0 Å². The Bertz CT molecular complexity index is 148. The van der Waals surface area contributed by atoms with Crippen molar-refractivity contribution in [3.8, 4) is 0 Å². The van der Waals surface area contributed by atoms with Crippen LogP contribution in [0.1, 0.15) is 0 Å². The average Bonchev–Trinajstić information content (AvgIpc) is 1.62. The Kier molecular flexibility index (Phi) is 14.1. The maximum absolute atomic E-state index is 11.7. The van der Waals surface area contributed by atoms with E-state index in [2.05, 4.69) is 11.1 Å². The van der Waals surface area contributed by atoms with E-state index in [0.29, 0.717) is 6.08 Å². The predicted molar refractivity (Wildman–Crippen MR) is 23.8 cm³/mol. The topological polar surface area (TPSA) is 72.4 Å². The van der Waals surface area contributed by atoms with Gasteiger partial charge in [0, 0.05) is 0 Å². The number of hydrogen-bond acceptors (Lipinski definition) is 4. The molecule has 54 valence electrons. The van der Waals surface area contributed by atoms with Gasteiger partial charge in [-0.3, -0.25) is 0 Å². The minimum atomic E-state index is -5.18. The molecule has 0 aliphatic rings. The van der Waals surface area contributed by atoms with Crippen LogP contribution in [0.15, 0.2) is 12.7 Å². The summed E-state index contributed by atoms with van der Waals surface area (Å²) < 4.78 is 24.5. The van der Waals surface area contributed by atoms with E-state index in [1.54, 1.807) is 0 Å². The maximum atomic E-state index is 11.7. The molecule has 8 heteroatoms. The van der Waals surface area contributed by atoms with Crippen molar-refractivity contribution >= 4 is 7.82 Å². The van der Waals surface area contributed by atoms with Gasteiger partial charge in [0.25, 0.3) is 0 Å². The normalized spacial score (nSPS) is 12.3. The van der Waals surface area contributed by atoms with Crippen molar-refractivity contribution in [3.05, 3.63) is 12.7 Å². The Balaban J connectivity index is -0.000000320. The first-order chi connectivity index (χ1) is 3.95. The molecule has 1 atom stereocenters. The fourth-order valence-corrected chi connectivity index (χ4v) is 0.499. The SMILES string of the molecule is C=CC(F)OP(=O)([O-])[O-].[Na+].[Na+]. The number of phosphoric acid groups is 1. The molecule has 0 spiro atoms. The van der Waals surface area contributed by atoms with Gasteiger partial charge >= 0.3 is 59.1 Å². The zero-order valence-corrected chi connectivity index (χ0v) is 11.2. The van der Waals surface area contributed by atoms with E-state index in [4.69, 9.17) is 0 Å². The van der Waals surface area contributed by atoms with E-state index >= 15 is 0 Å². The second-order valence-corrected chi connectivity index (χ2v) is 2.24. The summed E-state index contributed by atoms with van der Waals surface area (Å²) in [5.41, 5.74) is 0. The van der Waals surface area contributed by atoms with Gasteiger partial charge < -0.3 is 18.9 Å². The van der Waals surface area contributed by atoms with Crippen LogP contribution in [0.5, 0.6) is 0 Å². The summed E-state index contributed by atoms with van der Waals surface area (Å²) in [5.74, 6) is 0. The second-order valence-electron chi connectivity index (χ2n) is 1.14. The Morgan fingerprint density at radius 3 is 2.00 bits per heavy atom. The van der Waals surface area contributed by atoms with Crippen molar-refractivity contribution in [3.63, 3.8) is 0 Å². The standard InChI is InChI=1S/C3H6FO4P.2Na/c1-2-3(4)8-9(5,6)7;;/h2-3H,1H2,(H2,5,6,7);;/q;2*+1/p-2. The molecule has 0 aromatic carbocycles. The van der Waals surface area contributed by atoms with Gasteiger partial charge in [0.05, 0.1) is 7.82 Å². The molecule has 0 fully saturated rings. The Morgan fingerprint density at radius 2 is 1.91 bits per heavy atom. The molecule has 0 radical (unpaired) electrons. The summed E-state index contributed by atoms with van der Waals surface area (Å²) in [5, 5.41) is 0. The van der Waals surface area contributed by atoms with Crippen LogP contribution >= 0.6 is 7.82 Å².